The second-order valence-corrected chi connectivity index (χ2v) is 10.8. The standard InChI is InChI=1S/C27H40N4O2S2/c1-2-3-4-5-6-7-8-9-10-11-12-13-17-20-24(32)25(29-30-28)26(33)31-23(21-35-27(31)34)22-18-15-14-16-19-22/h14-20,23-25,32H,2-13,21H2,1H3/b20-17+/t23-,24-,25+/m0/s1. The van der Waals surface area contributed by atoms with Crippen LogP contribution in [0.2, 0.25) is 0 Å². The first-order valence-electron chi connectivity index (χ1n) is 13.0. The Balaban J connectivity index is 1.76. The normalized spacial score (nSPS) is 17.5. The van der Waals surface area contributed by atoms with E-state index in [0.29, 0.717) is 10.1 Å². The minimum absolute atomic E-state index is 0.231. The molecule has 0 aromatic heterocycles. The quantitative estimate of drug-likeness (QED) is 0.0569. The van der Waals surface area contributed by atoms with Crippen molar-refractivity contribution in [2.24, 2.45) is 5.11 Å². The summed E-state index contributed by atoms with van der Waals surface area (Å²) in [6.07, 6.45) is 17.3. The molecule has 6 nitrogen and oxygen atoms in total. The van der Waals surface area contributed by atoms with Crippen molar-refractivity contribution in [2.45, 2.75) is 102 Å². The van der Waals surface area contributed by atoms with Crippen molar-refractivity contribution < 1.29 is 9.90 Å². The Morgan fingerprint density at radius 3 is 2.34 bits per heavy atom. The number of unbranched alkanes of at least 4 members (excludes halogenated alkanes) is 11. The molecule has 1 fully saturated rings. The highest BCUT2D eigenvalue weighted by atomic mass is 32.2. The van der Waals surface area contributed by atoms with Crippen LogP contribution >= 0.6 is 24.0 Å². The Kier molecular flexibility index (Phi) is 14.7. The summed E-state index contributed by atoms with van der Waals surface area (Å²) >= 11 is 6.84. The molecule has 2 rings (SSSR count). The van der Waals surface area contributed by atoms with Gasteiger partial charge in [0, 0.05) is 10.7 Å². The van der Waals surface area contributed by atoms with Crippen molar-refractivity contribution in [2.75, 3.05) is 5.75 Å². The Morgan fingerprint density at radius 2 is 1.74 bits per heavy atom. The molecule has 1 aliphatic rings. The van der Waals surface area contributed by atoms with Crippen LogP contribution in [-0.2, 0) is 4.79 Å². The Bertz CT molecular complexity index is 843. The molecule has 3 atom stereocenters. The zero-order valence-electron chi connectivity index (χ0n) is 20.9. The summed E-state index contributed by atoms with van der Waals surface area (Å²) < 4.78 is 0.444. The van der Waals surface area contributed by atoms with Gasteiger partial charge in [0.2, 0.25) is 5.91 Å². The lowest BCUT2D eigenvalue weighted by atomic mass is 10.0. The van der Waals surface area contributed by atoms with Crippen LogP contribution in [-0.4, -0.2) is 38.1 Å². The molecule has 1 N–H and O–H groups in total. The number of thioether (sulfide) groups is 1. The SMILES string of the molecule is CCCCCCCCCCCCC/C=C/[C@H](O)[C@@H](N=[N+]=[N-])C(=O)N1C(=S)SC[C@H]1c1ccccc1. The van der Waals surface area contributed by atoms with Crippen molar-refractivity contribution in [3.05, 3.63) is 58.5 Å². The number of thiocarbonyl (C=S) groups is 1. The van der Waals surface area contributed by atoms with E-state index in [1.54, 1.807) is 6.08 Å². The highest BCUT2D eigenvalue weighted by Gasteiger charge is 2.39. The van der Waals surface area contributed by atoms with Gasteiger partial charge in [-0.15, -0.1) is 0 Å². The van der Waals surface area contributed by atoms with Crippen molar-refractivity contribution >= 4 is 34.2 Å². The van der Waals surface area contributed by atoms with Crippen LogP contribution in [0.15, 0.2) is 47.6 Å². The molecule has 0 spiro atoms. The first kappa shape index (κ1) is 29.4. The second kappa shape index (κ2) is 17.6. The van der Waals surface area contributed by atoms with Gasteiger partial charge in [-0.25, -0.2) is 0 Å². The van der Waals surface area contributed by atoms with Crippen LogP contribution in [0.5, 0.6) is 0 Å². The largest absolute Gasteiger partial charge is 0.388 e. The molecule has 8 heteroatoms. The summed E-state index contributed by atoms with van der Waals surface area (Å²) in [7, 11) is 0. The fourth-order valence-electron chi connectivity index (χ4n) is 4.31. The van der Waals surface area contributed by atoms with E-state index in [-0.39, 0.29) is 6.04 Å². The maximum absolute atomic E-state index is 13.3. The van der Waals surface area contributed by atoms with Gasteiger partial charge in [-0.05, 0) is 23.9 Å². The van der Waals surface area contributed by atoms with Gasteiger partial charge in [-0.1, -0.05) is 143 Å². The summed E-state index contributed by atoms with van der Waals surface area (Å²) in [5.74, 6) is 0.182. The minimum Gasteiger partial charge on any atom is -0.388 e. The maximum atomic E-state index is 13.3. The highest BCUT2D eigenvalue weighted by molar-refractivity contribution is 8.23. The molecule has 0 saturated carbocycles. The van der Waals surface area contributed by atoms with Gasteiger partial charge in [-0.3, -0.25) is 9.69 Å². The number of nitrogens with zero attached hydrogens (tertiary/aromatic N) is 4. The van der Waals surface area contributed by atoms with E-state index in [1.165, 1.54) is 74.4 Å². The van der Waals surface area contributed by atoms with Gasteiger partial charge in [-0.2, -0.15) is 0 Å². The Hall–Kier alpha value is -1.86. The third-order valence-electron chi connectivity index (χ3n) is 6.35. The number of azide groups is 1. The van der Waals surface area contributed by atoms with Gasteiger partial charge in [0.1, 0.15) is 10.4 Å². The van der Waals surface area contributed by atoms with Crippen LogP contribution in [0.1, 0.15) is 95.6 Å². The molecule has 0 radical (unpaired) electrons. The zero-order chi connectivity index (χ0) is 25.3. The lowest BCUT2D eigenvalue weighted by molar-refractivity contribution is -0.131. The van der Waals surface area contributed by atoms with E-state index in [2.05, 4.69) is 16.9 Å². The van der Waals surface area contributed by atoms with E-state index in [0.717, 1.165) is 24.8 Å². The molecule has 0 aliphatic carbocycles. The second-order valence-electron chi connectivity index (χ2n) is 9.10. The molecule has 1 amide bonds. The predicted octanol–water partition coefficient (Wildman–Crippen LogP) is 7.89. The zero-order valence-corrected chi connectivity index (χ0v) is 22.6. The molecule has 1 aliphatic heterocycles. The molecule has 0 unspecified atom stereocenters. The molecular weight excluding hydrogens is 476 g/mol. The predicted molar refractivity (Wildman–Crippen MR) is 150 cm³/mol. The summed E-state index contributed by atoms with van der Waals surface area (Å²) in [5, 5.41) is 14.3. The lowest BCUT2D eigenvalue weighted by Gasteiger charge is -2.27. The van der Waals surface area contributed by atoms with Gasteiger partial charge in [0.15, 0.2) is 0 Å². The molecule has 1 heterocycles. The minimum atomic E-state index is -1.24. The summed E-state index contributed by atoms with van der Waals surface area (Å²) in [6.45, 7) is 2.25. The molecule has 1 aromatic carbocycles. The first-order valence-corrected chi connectivity index (χ1v) is 14.4. The smallest absolute Gasteiger partial charge is 0.240 e. The number of carbonyl (C=O) groups is 1. The maximum Gasteiger partial charge on any atom is 0.240 e. The van der Waals surface area contributed by atoms with E-state index < -0.39 is 18.1 Å². The Labute approximate surface area is 220 Å². The van der Waals surface area contributed by atoms with Gasteiger partial charge in [0.05, 0.1) is 12.1 Å². The molecular formula is C27H40N4O2S2. The topological polar surface area (TPSA) is 89.3 Å². The number of aliphatic hydroxyl groups is 1. The number of rotatable bonds is 17. The van der Waals surface area contributed by atoms with Crippen molar-refractivity contribution in [3.8, 4) is 0 Å². The van der Waals surface area contributed by atoms with E-state index in [1.807, 2.05) is 36.4 Å². The van der Waals surface area contributed by atoms with Crippen LogP contribution < -0.4 is 0 Å². The molecule has 0 bridgehead atoms. The van der Waals surface area contributed by atoms with Crippen molar-refractivity contribution in [3.63, 3.8) is 0 Å². The summed E-state index contributed by atoms with van der Waals surface area (Å²) in [4.78, 5) is 17.6. The fraction of sp³-hybridized carbons (Fsp3) is 0.630. The number of hydrogen-bond acceptors (Lipinski definition) is 5. The average molecular weight is 517 g/mol. The van der Waals surface area contributed by atoms with Crippen LogP contribution in [0.3, 0.4) is 0 Å². The third kappa shape index (κ3) is 10.3. The monoisotopic (exact) mass is 516 g/mol. The van der Waals surface area contributed by atoms with E-state index >= 15 is 0 Å². The number of aliphatic hydroxyl groups excluding tert-OH is 1. The van der Waals surface area contributed by atoms with Crippen LogP contribution in [0.25, 0.3) is 10.4 Å². The summed E-state index contributed by atoms with van der Waals surface area (Å²) in [5.41, 5.74) is 9.99. The molecule has 192 valence electrons. The van der Waals surface area contributed by atoms with Crippen molar-refractivity contribution in [1.82, 2.24) is 4.90 Å². The van der Waals surface area contributed by atoms with E-state index in [4.69, 9.17) is 17.7 Å². The molecule has 1 aromatic rings. The number of hydrogen-bond donors (Lipinski definition) is 1. The van der Waals surface area contributed by atoms with Crippen LogP contribution in [0.4, 0.5) is 0 Å². The first-order chi connectivity index (χ1) is 17.1. The number of allylic oxidation sites excluding steroid dienone is 1. The molecule has 35 heavy (non-hydrogen) atoms. The third-order valence-corrected chi connectivity index (χ3v) is 7.83. The average Bonchev–Trinajstić information content (AvgIpc) is 3.26. The van der Waals surface area contributed by atoms with E-state index in [9.17, 15) is 9.90 Å². The summed E-state index contributed by atoms with van der Waals surface area (Å²) in [6, 6.07) is 8.19. The lowest BCUT2D eigenvalue weighted by Crippen LogP contribution is -2.44. The Morgan fingerprint density at radius 1 is 1.14 bits per heavy atom. The number of benzene rings is 1. The van der Waals surface area contributed by atoms with Gasteiger partial charge < -0.3 is 5.11 Å². The fourth-order valence-corrected chi connectivity index (χ4v) is 5.73. The van der Waals surface area contributed by atoms with Crippen LogP contribution in [0, 0.1) is 0 Å². The number of carbonyl (C=O) groups excluding carboxylic acids is 1. The highest BCUT2D eigenvalue weighted by Crippen LogP contribution is 2.36. The molecule has 1 saturated heterocycles. The number of amides is 1. The van der Waals surface area contributed by atoms with Gasteiger partial charge >= 0.3 is 0 Å². The van der Waals surface area contributed by atoms with Crippen molar-refractivity contribution in [1.29, 1.82) is 0 Å². The van der Waals surface area contributed by atoms with Gasteiger partial charge in [0.25, 0.3) is 0 Å².